The van der Waals surface area contributed by atoms with Gasteiger partial charge in [-0.2, -0.15) is 0 Å². The average Bonchev–Trinajstić information content (AvgIpc) is 1.99. The maximum absolute atomic E-state index is 3.73. The summed E-state index contributed by atoms with van der Waals surface area (Å²) in [4.78, 5) is 0. The molecule has 1 unspecified atom stereocenters. The third kappa shape index (κ3) is 7.64. The van der Waals surface area contributed by atoms with E-state index in [1.165, 1.54) is 32.1 Å². The minimum atomic E-state index is 0.820. The van der Waals surface area contributed by atoms with Crippen molar-refractivity contribution in [1.82, 2.24) is 0 Å². The topological polar surface area (TPSA) is 0 Å². The average molecular weight is 153 g/mol. The Morgan fingerprint density at radius 3 is 2.64 bits per heavy atom. The van der Waals surface area contributed by atoms with Crippen molar-refractivity contribution in [1.29, 1.82) is 0 Å². The molecule has 65 valence electrons. The van der Waals surface area contributed by atoms with Crippen molar-refractivity contribution in [3.8, 4) is 0 Å². The molecular weight excluding hydrogens is 132 g/mol. The second kappa shape index (κ2) is 7.84. The molecule has 0 aromatic carbocycles. The predicted molar refractivity (Wildman–Crippen MR) is 52.4 cm³/mol. The highest BCUT2D eigenvalue weighted by Gasteiger charge is 1.97. The molecule has 0 bridgehead atoms. The molecule has 1 radical (unpaired) electrons. The fraction of sp³-hybridized carbons (Fsp3) is 0.727. The van der Waals surface area contributed by atoms with Crippen molar-refractivity contribution in [2.24, 2.45) is 5.92 Å². The minimum absolute atomic E-state index is 0.820. The fourth-order valence-corrected chi connectivity index (χ4v) is 1.15. The highest BCUT2D eigenvalue weighted by Crippen LogP contribution is 2.12. The Balaban J connectivity index is 3.03. The molecule has 0 rings (SSSR count). The summed E-state index contributed by atoms with van der Waals surface area (Å²) in [6.45, 7) is 8.25. The summed E-state index contributed by atoms with van der Waals surface area (Å²) in [6, 6.07) is 0. The fourth-order valence-electron chi connectivity index (χ4n) is 1.15. The third-order valence-electron chi connectivity index (χ3n) is 1.93. The monoisotopic (exact) mass is 153 g/mol. The van der Waals surface area contributed by atoms with E-state index < -0.39 is 0 Å². The van der Waals surface area contributed by atoms with E-state index in [0.717, 1.165) is 5.92 Å². The Labute approximate surface area is 71.7 Å². The van der Waals surface area contributed by atoms with Crippen molar-refractivity contribution in [2.45, 2.75) is 46.0 Å². The van der Waals surface area contributed by atoms with Crippen LogP contribution in [0.2, 0.25) is 0 Å². The quantitative estimate of drug-likeness (QED) is 0.383. The van der Waals surface area contributed by atoms with Crippen LogP contribution < -0.4 is 0 Å². The van der Waals surface area contributed by atoms with Crippen molar-refractivity contribution < 1.29 is 0 Å². The third-order valence-corrected chi connectivity index (χ3v) is 1.93. The smallest absolute Gasteiger partial charge is 0.0328 e. The largest absolute Gasteiger partial charge is 0.103 e. The van der Waals surface area contributed by atoms with Gasteiger partial charge in [0.2, 0.25) is 0 Å². The van der Waals surface area contributed by atoms with Crippen LogP contribution in [0.4, 0.5) is 0 Å². The van der Waals surface area contributed by atoms with Crippen LogP contribution in [0.25, 0.3) is 0 Å². The Hall–Kier alpha value is -0.260. The molecule has 1 atom stereocenters. The van der Waals surface area contributed by atoms with Crippen LogP contribution in [-0.4, -0.2) is 0 Å². The summed E-state index contributed by atoms with van der Waals surface area (Å²) >= 11 is 0. The molecule has 0 aromatic rings. The molecule has 11 heavy (non-hydrogen) atoms. The molecule has 0 spiro atoms. The van der Waals surface area contributed by atoms with Crippen LogP contribution >= 0.6 is 0 Å². The number of unbranched alkanes of at least 4 members (excludes halogenated alkanes) is 3. The van der Waals surface area contributed by atoms with E-state index in [0.29, 0.717) is 0 Å². The standard InChI is InChI=1S/C11H21/c1-4-6-7-8-10-11(3)9-5-2/h5,7,11H,2,4,6,8-10H2,1,3H3. The number of hydrogen-bond acceptors (Lipinski definition) is 0. The molecule has 0 aliphatic carbocycles. The second-order valence-electron chi connectivity index (χ2n) is 3.28. The summed E-state index contributed by atoms with van der Waals surface area (Å²) in [6.07, 6.45) is 10.8. The first-order valence-electron chi connectivity index (χ1n) is 4.73. The van der Waals surface area contributed by atoms with Gasteiger partial charge in [0, 0.05) is 0 Å². The van der Waals surface area contributed by atoms with E-state index in [1.54, 1.807) is 0 Å². The van der Waals surface area contributed by atoms with Crippen molar-refractivity contribution >= 4 is 0 Å². The molecule has 0 saturated heterocycles. The Morgan fingerprint density at radius 2 is 2.09 bits per heavy atom. The van der Waals surface area contributed by atoms with Crippen LogP contribution in [0.1, 0.15) is 46.0 Å². The number of hydrogen-bond donors (Lipinski definition) is 0. The van der Waals surface area contributed by atoms with Crippen LogP contribution in [0.3, 0.4) is 0 Å². The highest BCUT2D eigenvalue weighted by atomic mass is 14.0. The predicted octanol–water partition coefficient (Wildman–Crippen LogP) is 3.98. The van der Waals surface area contributed by atoms with Gasteiger partial charge in [-0.05, 0) is 25.2 Å². The molecule has 0 saturated carbocycles. The summed E-state index contributed by atoms with van der Waals surface area (Å²) < 4.78 is 0. The van der Waals surface area contributed by atoms with Crippen molar-refractivity contribution in [3.63, 3.8) is 0 Å². The van der Waals surface area contributed by atoms with Gasteiger partial charge in [0.25, 0.3) is 0 Å². The molecular formula is C11H21. The van der Waals surface area contributed by atoms with E-state index in [1.807, 2.05) is 6.08 Å². The Morgan fingerprint density at radius 1 is 1.36 bits per heavy atom. The summed E-state index contributed by atoms with van der Waals surface area (Å²) in [5.74, 6) is 0.820. The maximum atomic E-state index is 3.73. The Kier molecular flexibility index (Phi) is 7.66. The van der Waals surface area contributed by atoms with Gasteiger partial charge in [-0.3, -0.25) is 0 Å². The molecule has 0 fully saturated rings. The molecule has 0 N–H and O–H groups in total. The first-order valence-corrected chi connectivity index (χ1v) is 4.73. The lowest BCUT2D eigenvalue weighted by atomic mass is 10.00. The maximum Gasteiger partial charge on any atom is -0.0328 e. The molecule has 0 aliphatic rings. The van der Waals surface area contributed by atoms with Gasteiger partial charge < -0.3 is 0 Å². The lowest BCUT2D eigenvalue weighted by molar-refractivity contribution is 0.531. The lowest BCUT2D eigenvalue weighted by Crippen LogP contribution is -1.92. The molecule has 0 nitrogen and oxygen atoms in total. The first kappa shape index (κ1) is 10.7. The number of rotatable bonds is 7. The zero-order chi connectivity index (χ0) is 8.53. The van der Waals surface area contributed by atoms with Gasteiger partial charge in [0.15, 0.2) is 0 Å². The summed E-state index contributed by atoms with van der Waals surface area (Å²) in [5, 5.41) is 0. The number of allylic oxidation sites excluding steroid dienone is 1. The van der Waals surface area contributed by atoms with Gasteiger partial charge in [-0.25, -0.2) is 0 Å². The van der Waals surface area contributed by atoms with E-state index in [9.17, 15) is 0 Å². The van der Waals surface area contributed by atoms with E-state index in [4.69, 9.17) is 0 Å². The molecule has 0 amide bonds. The normalized spacial score (nSPS) is 12.9. The Bertz CT molecular complexity index is 84.0. The zero-order valence-corrected chi connectivity index (χ0v) is 7.97. The van der Waals surface area contributed by atoms with Gasteiger partial charge >= 0.3 is 0 Å². The molecule has 0 heterocycles. The van der Waals surface area contributed by atoms with Gasteiger partial charge in [-0.1, -0.05) is 39.2 Å². The van der Waals surface area contributed by atoms with Crippen LogP contribution in [0.15, 0.2) is 12.7 Å². The minimum Gasteiger partial charge on any atom is -0.103 e. The van der Waals surface area contributed by atoms with E-state index >= 15 is 0 Å². The first-order chi connectivity index (χ1) is 5.31. The van der Waals surface area contributed by atoms with E-state index in [2.05, 4.69) is 26.8 Å². The summed E-state index contributed by atoms with van der Waals surface area (Å²) in [5.41, 5.74) is 0. The second-order valence-corrected chi connectivity index (χ2v) is 3.28. The lowest BCUT2D eigenvalue weighted by Gasteiger charge is -2.06. The van der Waals surface area contributed by atoms with Crippen LogP contribution in [-0.2, 0) is 0 Å². The highest BCUT2D eigenvalue weighted by molar-refractivity contribution is 4.72. The van der Waals surface area contributed by atoms with Crippen LogP contribution in [0, 0.1) is 12.3 Å². The zero-order valence-electron chi connectivity index (χ0n) is 7.97. The SMILES string of the molecule is C=CCC(C)CC[CH]CCC. The van der Waals surface area contributed by atoms with Crippen molar-refractivity contribution in [3.05, 3.63) is 19.1 Å². The van der Waals surface area contributed by atoms with E-state index in [-0.39, 0.29) is 0 Å². The van der Waals surface area contributed by atoms with Gasteiger partial charge in [0.1, 0.15) is 0 Å². The molecule has 0 aliphatic heterocycles. The molecule has 0 aromatic heterocycles. The van der Waals surface area contributed by atoms with Crippen molar-refractivity contribution in [2.75, 3.05) is 0 Å². The van der Waals surface area contributed by atoms with Gasteiger partial charge in [-0.15, -0.1) is 6.58 Å². The summed E-state index contributed by atoms with van der Waals surface area (Å²) in [7, 11) is 0. The van der Waals surface area contributed by atoms with Gasteiger partial charge in [0.05, 0.1) is 0 Å². The molecule has 0 heteroatoms. The van der Waals surface area contributed by atoms with Crippen LogP contribution in [0.5, 0.6) is 0 Å².